The van der Waals surface area contributed by atoms with Crippen molar-refractivity contribution in [2.75, 3.05) is 0 Å². The Balaban J connectivity index is 1.63. The highest BCUT2D eigenvalue weighted by Gasteiger charge is 2.26. The van der Waals surface area contributed by atoms with Crippen molar-refractivity contribution in [2.45, 2.75) is 18.5 Å². The number of imide groups is 1. The van der Waals surface area contributed by atoms with Gasteiger partial charge in [-0.2, -0.15) is 5.10 Å². The molecule has 0 aliphatic carbocycles. The molecule has 10 nitrogen and oxygen atoms in total. The van der Waals surface area contributed by atoms with Gasteiger partial charge in [0.2, 0.25) is 0 Å². The molecule has 0 saturated carbocycles. The van der Waals surface area contributed by atoms with E-state index in [4.69, 9.17) is 0 Å². The first-order valence-electron chi connectivity index (χ1n) is 10.1. The zero-order valence-electron chi connectivity index (χ0n) is 17.8. The Morgan fingerprint density at radius 1 is 1.12 bits per heavy atom. The molecule has 1 saturated heterocycles. The molecule has 1 fully saturated rings. The summed E-state index contributed by atoms with van der Waals surface area (Å²) in [4.78, 5) is 29.9. The Bertz CT molecular complexity index is 1570. The van der Waals surface area contributed by atoms with Gasteiger partial charge < -0.3 is 5.32 Å². The van der Waals surface area contributed by atoms with E-state index in [1.807, 2.05) is 49.4 Å². The van der Waals surface area contributed by atoms with Gasteiger partial charge in [-0.1, -0.05) is 30.3 Å². The summed E-state index contributed by atoms with van der Waals surface area (Å²) in [6.07, 6.45) is 2.81. The zero-order chi connectivity index (χ0) is 23.9. The fourth-order valence-electron chi connectivity index (χ4n) is 3.43. The fraction of sp³-hybridized carbons (Fsp3) is 0.0909. The van der Waals surface area contributed by atoms with Crippen LogP contribution in [0.15, 0.2) is 65.5 Å². The Morgan fingerprint density at radius 3 is 2.59 bits per heavy atom. The second-order valence-corrected chi connectivity index (χ2v) is 10.5. The lowest BCUT2D eigenvalue weighted by Gasteiger charge is -2.10. The number of fused-ring (bicyclic) bond motifs is 1. The minimum atomic E-state index is -4.00. The van der Waals surface area contributed by atoms with Crippen molar-refractivity contribution < 1.29 is 18.0 Å². The number of rotatable bonds is 6. The number of nitrogens with one attached hydrogen (secondary N) is 3. The maximum Gasteiger partial charge on any atom is 0.326 e. The third kappa shape index (κ3) is 4.21. The molecule has 3 N–H and O–H groups in total. The number of urea groups is 1. The molecule has 1 aliphatic heterocycles. The second kappa shape index (κ2) is 8.48. The van der Waals surface area contributed by atoms with E-state index in [9.17, 15) is 18.0 Å². The quantitative estimate of drug-likeness (QED) is 0.214. The normalized spacial score (nSPS) is 15.1. The largest absolute Gasteiger partial charge is 0.326 e. The smallest absolute Gasteiger partial charge is 0.303 e. The molecule has 1 aliphatic rings. The maximum absolute atomic E-state index is 13.3. The van der Waals surface area contributed by atoms with E-state index in [1.54, 1.807) is 0 Å². The van der Waals surface area contributed by atoms with Crippen LogP contribution >= 0.6 is 11.3 Å². The molecule has 4 heterocycles. The molecule has 172 valence electrons. The Labute approximate surface area is 198 Å². The first-order valence-corrected chi connectivity index (χ1v) is 12.4. The van der Waals surface area contributed by atoms with Crippen LogP contribution in [0, 0.1) is 6.92 Å². The predicted octanol–water partition coefficient (Wildman–Crippen LogP) is 2.43. The van der Waals surface area contributed by atoms with Crippen LogP contribution in [-0.2, 0) is 21.4 Å². The molecule has 12 heteroatoms. The number of hydrogen-bond donors (Lipinski definition) is 3. The molecule has 0 radical (unpaired) electrons. The van der Waals surface area contributed by atoms with Crippen molar-refractivity contribution in [2.24, 2.45) is 0 Å². The molecule has 3 amide bonds. The monoisotopic (exact) mass is 494 g/mol. The van der Waals surface area contributed by atoms with Crippen LogP contribution in [0.3, 0.4) is 0 Å². The number of carbonyl (C=O) groups is 2. The van der Waals surface area contributed by atoms with E-state index >= 15 is 0 Å². The van der Waals surface area contributed by atoms with Gasteiger partial charge in [0.05, 0.1) is 16.8 Å². The summed E-state index contributed by atoms with van der Waals surface area (Å²) >= 11 is 1.48. The highest BCUT2D eigenvalue weighted by Crippen LogP contribution is 2.29. The lowest BCUT2D eigenvalue weighted by atomic mass is 10.2. The van der Waals surface area contributed by atoms with E-state index < -0.39 is 22.0 Å². The van der Waals surface area contributed by atoms with Gasteiger partial charge in [-0.3, -0.25) is 10.1 Å². The van der Waals surface area contributed by atoms with E-state index in [-0.39, 0.29) is 22.9 Å². The van der Waals surface area contributed by atoms with Crippen LogP contribution in [0.1, 0.15) is 16.0 Å². The van der Waals surface area contributed by atoms with Gasteiger partial charge in [0.25, 0.3) is 15.9 Å². The van der Waals surface area contributed by atoms with Crippen LogP contribution < -0.4 is 15.4 Å². The number of benzene rings is 1. The molecule has 5 rings (SSSR count). The van der Waals surface area contributed by atoms with Crippen LogP contribution in [0.4, 0.5) is 4.79 Å². The number of hydrogen-bond acceptors (Lipinski definition) is 7. The molecule has 1 aromatic carbocycles. The summed E-state index contributed by atoms with van der Waals surface area (Å²) in [6.45, 7) is 2.05. The van der Waals surface area contributed by atoms with E-state index in [0.717, 1.165) is 15.3 Å². The molecule has 0 unspecified atom stereocenters. The summed E-state index contributed by atoms with van der Waals surface area (Å²) in [5, 5.41) is 8.65. The average Bonchev–Trinajstić information content (AvgIpc) is 3.51. The fourth-order valence-corrected chi connectivity index (χ4v) is 5.39. The van der Waals surface area contributed by atoms with E-state index in [2.05, 4.69) is 25.4 Å². The predicted molar refractivity (Wildman–Crippen MR) is 126 cm³/mol. The van der Waals surface area contributed by atoms with Gasteiger partial charge >= 0.3 is 6.03 Å². The number of aromatic nitrogens is 3. The van der Waals surface area contributed by atoms with Crippen molar-refractivity contribution in [3.05, 3.63) is 76.4 Å². The standard InChI is InChI=1S/C22H18N6O4S2/c1-13-7-8-18(33-13)16-10-19(34(31,32)24-11-14-5-3-2-4-6-14)28-20(25-16)15(12-23-28)9-17-21(29)27-22(30)26-17/h2-10,12,24H,11H2,1H3,(H2,26,27,29,30). The number of aryl methyl sites for hydroxylation is 1. The number of nitrogens with zero attached hydrogens (tertiary/aromatic N) is 3. The van der Waals surface area contributed by atoms with Gasteiger partial charge in [-0.15, -0.1) is 11.3 Å². The van der Waals surface area contributed by atoms with Gasteiger partial charge in [0.15, 0.2) is 10.7 Å². The lowest BCUT2D eigenvalue weighted by Crippen LogP contribution is -2.25. The topological polar surface area (TPSA) is 135 Å². The SMILES string of the molecule is Cc1ccc(-c2cc(S(=O)(=O)NCc3ccccc3)n3ncc(C=C4NC(=O)NC4=O)c3n2)s1. The Kier molecular flexibility index (Phi) is 5.48. The zero-order valence-corrected chi connectivity index (χ0v) is 19.4. The minimum absolute atomic E-state index is 0.0191. The molecule has 34 heavy (non-hydrogen) atoms. The summed E-state index contributed by atoms with van der Waals surface area (Å²) in [7, 11) is -4.00. The third-order valence-electron chi connectivity index (χ3n) is 5.06. The first kappa shape index (κ1) is 21.9. The van der Waals surface area contributed by atoms with Crippen LogP contribution in [0.5, 0.6) is 0 Å². The van der Waals surface area contributed by atoms with Crippen molar-refractivity contribution >= 4 is 45.0 Å². The van der Waals surface area contributed by atoms with Crippen molar-refractivity contribution in [1.29, 1.82) is 0 Å². The summed E-state index contributed by atoms with van der Waals surface area (Å²) in [6, 6.07) is 13.8. The second-order valence-electron chi connectivity index (χ2n) is 7.50. The van der Waals surface area contributed by atoms with Gasteiger partial charge in [-0.25, -0.2) is 27.4 Å². The highest BCUT2D eigenvalue weighted by molar-refractivity contribution is 7.89. The lowest BCUT2D eigenvalue weighted by molar-refractivity contribution is -0.115. The summed E-state index contributed by atoms with van der Waals surface area (Å²) in [5.74, 6) is -0.591. The number of sulfonamides is 1. The van der Waals surface area contributed by atoms with Crippen LogP contribution in [0.2, 0.25) is 0 Å². The average molecular weight is 495 g/mol. The van der Waals surface area contributed by atoms with E-state index in [0.29, 0.717) is 11.3 Å². The molecule has 0 bridgehead atoms. The summed E-state index contributed by atoms with van der Waals surface area (Å²) < 4.78 is 30.5. The maximum atomic E-state index is 13.3. The number of thiophene rings is 1. The van der Waals surface area contributed by atoms with Gasteiger partial charge in [0, 0.05) is 23.1 Å². The molecular weight excluding hydrogens is 476 g/mol. The Morgan fingerprint density at radius 2 is 1.91 bits per heavy atom. The van der Waals surface area contributed by atoms with Crippen LogP contribution in [-0.4, -0.2) is 35.0 Å². The van der Waals surface area contributed by atoms with Gasteiger partial charge in [-0.05, 0) is 30.7 Å². The summed E-state index contributed by atoms with van der Waals surface area (Å²) in [5.41, 5.74) is 1.88. The van der Waals surface area contributed by atoms with Gasteiger partial charge in [0.1, 0.15) is 5.70 Å². The minimum Gasteiger partial charge on any atom is -0.303 e. The molecule has 3 aromatic heterocycles. The molecule has 4 aromatic rings. The first-order chi connectivity index (χ1) is 16.3. The highest BCUT2D eigenvalue weighted by atomic mass is 32.2. The Hall–Kier alpha value is -3.87. The number of carbonyl (C=O) groups excluding carboxylic acids is 2. The molecule has 0 atom stereocenters. The van der Waals surface area contributed by atoms with Crippen molar-refractivity contribution in [3.63, 3.8) is 0 Å². The third-order valence-corrected chi connectivity index (χ3v) is 7.45. The van der Waals surface area contributed by atoms with E-state index in [1.165, 1.54) is 34.2 Å². The number of amides is 3. The van der Waals surface area contributed by atoms with Crippen molar-refractivity contribution in [3.8, 4) is 10.6 Å². The van der Waals surface area contributed by atoms with Crippen molar-refractivity contribution in [1.82, 2.24) is 30.0 Å². The molecular formula is C22H18N6O4S2. The molecule has 0 spiro atoms. The van der Waals surface area contributed by atoms with Crippen LogP contribution in [0.25, 0.3) is 22.3 Å².